The van der Waals surface area contributed by atoms with Gasteiger partial charge in [-0.3, -0.25) is 4.79 Å². The van der Waals surface area contributed by atoms with E-state index >= 15 is 0 Å². The van der Waals surface area contributed by atoms with E-state index in [9.17, 15) is 4.79 Å². The van der Waals surface area contributed by atoms with Gasteiger partial charge in [-0.1, -0.05) is 30.3 Å². The second kappa shape index (κ2) is 11.4. The van der Waals surface area contributed by atoms with E-state index in [1.165, 1.54) is 5.56 Å². The van der Waals surface area contributed by atoms with Crippen LogP contribution in [0.5, 0.6) is 17.2 Å². The van der Waals surface area contributed by atoms with Crippen molar-refractivity contribution >= 4 is 16.9 Å². The number of hydrogen-bond acceptors (Lipinski definition) is 5. The van der Waals surface area contributed by atoms with Gasteiger partial charge in [-0.2, -0.15) is 0 Å². The van der Waals surface area contributed by atoms with Crippen LogP contribution in [0.2, 0.25) is 0 Å². The SMILES string of the molecule is COc1ccc(CC(=O)NCCc2nc3ccccc3n2CCOc2cccc(C)c2)cc1OC. The average molecular weight is 474 g/mol. The summed E-state index contributed by atoms with van der Waals surface area (Å²) in [5, 5.41) is 3.01. The Bertz CT molecular complexity index is 1300. The van der Waals surface area contributed by atoms with Crippen molar-refractivity contribution in [2.45, 2.75) is 26.3 Å². The molecule has 4 aromatic rings. The molecule has 1 N–H and O–H groups in total. The molecule has 0 fully saturated rings. The second-order valence-electron chi connectivity index (χ2n) is 8.30. The lowest BCUT2D eigenvalue weighted by atomic mass is 10.1. The van der Waals surface area contributed by atoms with Crippen molar-refractivity contribution in [2.24, 2.45) is 0 Å². The first-order valence-electron chi connectivity index (χ1n) is 11.7. The van der Waals surface area contributed by atoms with Crippen LogP contribution in [0.3, 0.4) is 0 Å². The predicted octanol–water partition coefficient (Wildman–Crippen LogP) is 4.34. The highest BCUT2D eigenvalue weighted by Crippen LogP contribution is 2.27. The molecule has 4 rings (SSSR count). The minimum atomic E-state index is -0.0531. The molecule has 0 unspecified atom stereocenters. The Labute approximate surface area is 205 Å². The number of para-hydroxylation sites is 2. The summed E-state index contributed by atoms with van der Waals surface area (Å²) in [4.78, 5) is 17.3. The Morgan fingerprint density at radius 2 is 1.80 bits per heavy atom. The van der Waals surface area contributed by atoms with Crippen LogP contribution in [-0.4, -0.2) is 42.8 Å². The summed E-state index contributed by atoms with van der Waals surface area (Å²) in [5.74, 6) is 2.98. The van der Waals surface area contributed by atoms with Crippen molar-refractivity contribution in [3.8, 4) is 17.2 Å². The predicted molar refractivity (Wildman–Crippen MR) is 136 cm³/mol. The maximum Gasteiger partial charge on any atom is 0.224 e. The smallest absolute Gasteiger partial charge is 0.224 e. The van der Waals surface area contributed by atoms with Crippen LogP contribution >= 0.6 is 0 Å². The van der Waals surface area contributed by atoms with Crippen LogP contribution in [0, 0.1) is 6.92 Å². The lowest BCUT2D eigenvalue weighted by Crippen LogP contribution is -2.28. The molecule has 1 aromatic heterocycles. The number of nitrogens with zero attached hydrogens (tertiary/aromatic N) is 2. The molecule has 0 saturated heterocycles. The largest absolute Gasteiger partial charge is 0.493 e. The third-order valence-corrected chi connectivity index (χ3v) is 5.79. The molecule has 35 heavy (non-hydrogen) atoms. The lowest BCUT2D eigenvalue weighted by Gasteiger charge is -2.12. The third-order valence-electron chi connectivity index (χ3n) is 5.79. The number of carbonyl (C=O) groups excluding carboxylic acids is 1. The average Bonchev–Trinajstić information content (AvgIpc) is 3.21. The number of rotatable bonds is 11. The Kier molecular flexibility index (Phi) is 7.88. The van der Waals surface area contributed by atoms with Crippen LogP contribution in [0.15, 0.2) is 66.7 Å². The van der Waals surface area contributed by atoms with E-state index < -0.39 is 0 Å². The van der Waals surface area contributed by atoms with E-state index in [0.29, 0.717) is 37.6 Å². The number of hydrogen-bond donors (Lipinski definition) is 1. The van der Waals surface area contributed by atoms with E-state index in [-0.39, 0.29) is 12.3 Å². The van der Waals surface area contributed by atoms with E-state index in [4.69, 9.17) is 19.2 Å². The van der Waals surface area contributed by atoms with E-state index in [0.717, 1.165) is 28.2 Å². The fraction of sp³-hybridized carbons (Fsp3) is 0.286. The van der Waals surface area contributed by atoms with Crippen molar-refractivity contribution in [3.05, 3.63) is 83.7 Å². The van der Waals surface area contributed by atoms with Crippen LogP contribution in [0.1, 0.15) is 17.0 Å². The normalized spacial score (nSPS) is 10.8. The van der Waals surface area contributed by atoms with Gasteiger partial charge in [0.25, 0.3) is 0 Å². The first kappa shape index (κ1) is 24.1. The molecule has 0 aliphatic rings. The summed E-state index contributed by atoms with van der Waals surface area (Å²) >= 11 is 0. The standard InChI is InChI=1S/C28H31N3O4/c1-20-7-6-8-22(17-20)35-16-15-31-24-10-5-4-9-23(24)30-27(31)13-14-29-28(32)19-21-11-12-25(33-2)26(18-21)34-3/h4-12,17-18H,13-16,19H2,1-3H3,(H,29,32). The number of carbonyl (C=O) groups is 1. The number of methoxy groups -OCH3 is 2. The van der Waals surface area contributed by atoms with Crippen molar-refractivity contribution in [2.75, 3.05) is 27.4 Å². The fourth-order valence-corrected chi connectivity index (χ4v) is 4.08. The van der Waals surface area contributed by atoms with Crippen molar-refractivity contribution in [1.29, 1.82) is 0 Å². The molecular formula is C28H31N3O4. The molecule has 0 bridgehead atoms. The van der Waals surface area contributed by atoms with Crippen LogP contribution in [0.4, 0.5) is 0 Å². The molecule has 0 saturated carbocycles. The molecule has 0 atom stereocenters. The summed E-state index contributed by atoms with van der Waals surface area (Å²) in [6.07, 6.45) is 0.887. The fourth-order valence-electron chi connectivity index (χ4n) is 4.08. The van der Waals surface area contributed by atoms with Crippen molar-refractivity contribution < 1.29 is 19.0 Å². The number of aromatic nitrogens is 2. The van der Waals surface area contributed by atoms with Gasteiger partial charge in [0.1, 0.15) is 18.2 Å². The molecular weight excluding hydrogens is 442 g/mol. The van der Waals surface area contributed by atoms with E-state index in [1.807, 2.05) is 67.6 Å². The topological polar surface area (TPSA) is 74.6 Å². The molecule has 0 aliphatic carbocycles. The molecule has 0 spiro atoms. The van der Waals surface area contributed by atoms with Gasteiger partial charge in [0.05, 0.1) is 38.2 Å². The summed E-state index contributed by atoms with van der Waals surface area (Å²) in [6, 6.07) is 21.6. The molecule has 1 heterocycles. The monoisotopic (exact) mass is 473 g/mol. The Hall–Kier alpha value is -4.00. The zero-order chi connectivity index (χ0) is 24.6. The maximum atomic E-state index is 12.5. The number of aryl methyl sites for hydroxylation is 1. The van der Waals surface area contributed by atoms with Crippen molar-refractivity contribution in [3.63, 3.8) is 0 Å². The zero-order valence-corrected chi connectivity index (χ0v) is 20.4. The molecule has 3 aromatic carbocycles. The Balaban J connectivity index is 1.36. The molecule has 182 valence electrons. The minimum absolute atomic E-state index is 0.0531. The Morgan fingerprint density at radius 3 is 2.60 bits per heavy atom. The highest BCUT2D eigenvalue weighted by Gasteiger charge is 2.12. The number of benzene rings is 3. The highest BCUT2D eigenvalue weighted by molar-refractivity contribution is 5.79. The molecule has 1 amide bonds. The maximum absolute atomic E-state index is 12.5. The van der Waals surface area contributed by atoms with Gasteiger partial charge in [-0.25, -0.2) is 4.98 Å². The van der Waals surface area contributed by atoms with Gasteiger partial charge in [-0.05, 0) is 54.4 Å². The quantitative estimate of drug-likeness (QED) is 0.351. The third kappa shape index (κ3) is 6.12. The lowest BCUT2D eigenvalue weighted by molar-refractivity contribution is -0.120. The first-order chi connectivity index (χ1) is 17.1. The minimum Gasteiger partial charge on any atom is -0.493 e. The number of fused-ring (bicyclic) bond motifs is 1. The summed E-state index contributed by atoms with van der Waals surface area (Å²) in [5.41, 5.74) is 4.03. The number of imidazole rings is 1. The Morgan fingerprint density at radius 1 is 0.971 bits per heavy atom. The summed E-state index contributed by atoms with van der Waals surface area (Å²) in [6.45, 7) is 3.74. The van der Waals surface area contributed by atoms with E-state index in [2.05, 4.69) is 16.0 Å². The zero-order valence-electron chi connectivity index (χ0n) is 20.4. The van der Waals surface area contributed by atoms with Gasteiger partial charge in [0.2, 0.25) is 5.91 Å². The second-order valence-corrected chi connectivity index (χ2v) is 8.30. The highest BCUT2D eigenvalue weighted by atomic mass is 16.5. The summed E-state index contributed by atoms with van der Waals surface area (Å²) < 4.78 is 18.7. The first-order valence-corrected chi connectivity index (χ1v) is 11.7. The van der Waals surface area contributed by atoms with Gasteiger partial charge in [0.15, 0.2) is 11.5 Å². The number of amides is 1. The number of nitrogens with one attached hydrogen (secondary N) is 1. The van der Waals surface area contributed by atoms with Crippen LogP contribution in [-0.2, 0) is 24.2 Å². The van der Waals surface area contributed by atoms with E-state index in [1.54, 1.807) is 14.2 Å². The molecule has 0 radical (unpaired) electrons. The van der Waals surface area contributed by atoms with Gasteiger partial charge in [0, 0.05) is 13.0 Å². The number of ether oxygens (including phenoxy) is 3. The molecule has 7 nitrogen and oxygen atoms in total. The van der Waals surface area contributed by atoms with Gasteiger partial charge in [-0.15, -0.1) is 0 Å². The molecule has 7 heteroatoms. The van der Waals surface area contributed by atoms with Gasteiger partial charge < -0.3 is 24.1 Å². The molecule has 0 aliphatic heterocycles. The van der Waals surface area contributed by atoms with Gasteiger partial charge >= 0.3 is 0 Å². The van der Waals surface area contributed by atoms with Crippen LogP contribution in [0.25, 0.3) is 11.0 Å². The van der Waals surface area contributed by atoms with Crippen LogP contribution < -0.4 is 19.5 Å². The van der Waals surface area contributed by atoms with Crippen molar-refractivity contribution in [1.82, 2.24) is 14.9 Å². The summed E-state index contributed by atoms with van der Waals surface area (Å²) in [7, 11) is 3.17.